The first-order valence-corrected chi connectivity index (χ1v) is 21.0. The summed E-state index contributed by atoms with van der Waals surface area (Å²) in [4.78, 5) is 2.33. The zero-order chi connectivity index (χ0) is 40.3. The van der Waals surface area contributed by atoms with Gasteiger partial charge in [0, 0.05) is 27.8 Å². The fraction of sp³-hybridized carbons (Fsp3) is 0.0169. The van der Waals surface area contributed by atoms with Gasteiger partial charge in [0.05, 0.1) is 5.41 Å². The van der Waals surface area contributed by atoms with Gasteiger partial charge in [-0.3, -0.25) is 0 Å². The van der Waals surface area contributed by atoms with Crippen LogP contribution >= 0.6 is 0 Å². The zero-order valence-corrected chi connectivity index (χ0v) is 33.4. The molecule has 0 saturated heterocycles. The highest BCUT2D eigenvalue weighted by Crippen LogP contribution is 2.59. The van der Waals surface area contributed by atoms with E-state index in [1.54, 1.807) is 0 Å². The van der Waals surface area contributed by atoms with Gasteiger partial charge in [0.2, 0.25) is 0 Å². The molecule has 0 amide bonds. The summed E-state index contributed by atoms with van der Waals surface area (Å²) in [5, 5.41) is 4.76. The molecule has 1 aliphatic rings. The first-order chi connectivity index (χ1) is 30.3. The van der Waals surface area contributed by atoms with Crippen molar-refractivity contribution in [3.8, 4) is 33.4 Å². The van der Waals surface area contributed by atoms with Gasteiger partial charge in [-0.15, -0.1) is 0 Å². The Labute approximate surface area is 355 Å². The van der Waals surface area contributed by atoms with Crippen molar-refractivity contribution in [2.24, 2.45) is 0 Å². The lowest BCUT2D eigenvalue weighted by molar-refractivity contribution is 0.669. The summed E-state index contributed by atoms with van der Waals surface area (Å²) in [5.74, 6) is 0. The minimum atomic E-state index is -0.559. The van der Waals surface area contributed by atoms with E-state index in [-0.39, 0.29) is 0 Å². The smallest absolute Gasteiger partial charge is 0.135 e. The number of benzene rings is 10. The minimum Gasteiger partial charge on any atom is -0.456 e. The van der Waals surface area contributed by atoms with Crippen molar-refractivity contribution in [3.63, 3.8) is 0 Å². The predicted molar refractivity (Wildman–Crippen MR) is 254 cm³/mol. The fourth-order valence-electron chi connectivity index (χ4n) is 10.1. The molecule has 1 aliphatic carbocycles. The van der Waals surface area contributed by atoms with Crippen molar-refractivity contribution in [3.05, 3.63) is 259 Å². The second-order valence-electron chi connectivity index (χ2n) is 16.0. The molecule has 2 heteroatoms. The van der Waals surface area contributed by atoms with Crippen LogP contribution in [0.2, 0.25) is 0 Å². The molecular weight excluding hydrogens is 739 g/mol. The van der Waals surface area contributed by atoms with E-state index in [9.17, 15) is 0 Å². The molecule has 0 atom stereocenters. The van der Waals surface area contributed by atoms with E-state index in [2.05, 4.69) is 229 Å². The van der Waals surface area contributed by atoms with Crippen LogP contribution in [0.3, 0.4) is 0 Å². The van der Waals surface area contributed by atoms with Crippen LogP contribution < -0.4 is 4.90 Å². The SMILES string of the molecule is c1ccc(-c2cc3c(c4ccccc24)-c2ccc(-c4ccc(N(c5ccccc5)c5ccc6oc7ccccc7c6c5)cc4)cc2C3(c2ccccc2)c2ccccc2)cc1. The topological polar surface area (TPSA) is 16.4 Å². The lowest BCUT2D eigenvalue weighted by Gasteiger charge is -2.34. The van der Waals surface area contributed by atoms with Crippen molar-refractivity contribution in [1.29, 1.82) is 0 Å². The van der Waals surface area contributed by atoms with E-state index < -0.39 is 5.41 Å². The van der Waals surface area contributed by atoms with E-state index in [1.165, 1.54) is 60.8 Å². The Morgan fingerprint density at radius 2 is 0.852 bits per heavy atom. The van der Waals surface area contributed by atoms with E-state index in [0.717, 1.165) is 44.6 Å². The van der Waals surface area contributed by atoms with E-state index in [1.807, 2.05) is 12.1 Å². The Hall–Kier alpha value is -7.94. The summed E-state index contributed by atoms with van der Waals surface area (Å²) < 4.78 is 6.22. The van der Waals surface area contributed by atoms with E-state index in [4.69, 9.17) is 4.42 Å². The third kappa shape index (κ3) is 5.50. The third-order valence-electron chi connectivity index (χ3n) is 12.7. The van der Waals surface area contributed by atoms with Gasteiger partial charge < -0.3 is 9.32 Å². The molecule has 1 aromatic heterocycles. The maximum Gasteiger partial charge on any atom is 0.135 e. The van der Waals surface area contributed by atoms with Gasteiger partial charge in [-0.1, -0.05) is 176 Å². The zero-order valence-electron chi connectivity index (χ0n) is 33.4. The maximum atomic E-state index is 6.22. The fourth-order valence-corrected chi connectivity index (χ4v) is 10.1. The summed E-state index contributed by atoms with van der Waals surface area (Å²) in [5.41, 5.74) is 17.0. The molecule has 1 heterocycles. The van der Waals surface area contributed by atoms with E-state index >= 15 is 0 Å². The Balaban J connectivity index is 1.05. The van der Waals surface area contributed by atoms with Gasteiger partial charge in [-0.25, -0.2) is 0 Å². The summed E-state index contributed by atoms with van der Waals surface area (Å²) in [7, 11) is 0. The van der Waals surface area contributed by atoms with Crippen LogP contribution in [0.25, 0.3) is 66.1 Å². The van der Waals surface area contributed by atoms with Crippen molar-refractivity contribution < 1.29 is 4.42 Å². The molecule has 286 valence electrons. The van der Waals surface area contributed by atoms with Crippen LogP contribution in [0.4, 0.5) is 17.1 Å². The summed E-state index contributed by atoms with van der Waals surface area (Å²) in [6.45, 7) is 0. The monoisotopic (exact) mass is 777 g/mol. The van der Waals surface area contributed by atoms with Gasteiger partial charge in [-0.2, -0.15) is 0 Å². The Morgan fingerprint density at radius 1 is 0.311 bits per heavy atom. The lowest BCUT2D eigenvalue weighted by Crippen LogP contribution is -2.28. The van der Waals surface area contributed by atoms with Crippen LogP contribution in [-0.2, 0) is 5.41 Å². The largest absolute Gasteiger partial charge is 0.456 e. The van der Waals surface area contributed by atoms with E-state index in [0.29, 0.717) is 0 Å². The van der Waals surface area contributed by atoms with Gasteiger partial charge in [0.1, 0.15) is 11.2 Å². The second-order valence-corrected chi connectivity index (χ2v) is 16.0. The molecule has 0 N–H and O–H groups in total. The highest BCUT2D eigenvalue weighted by atomic mass is 16.3. The molecule has 0 bridgehead atoms. The molecule has 0 unspecified atom stereocenters. The highest BCUT2D eigenvalue weighted by molar-refractivity contribution is 6.10. The number of para-hydroxylation sites is 2. The number of hydrogen-bond acceptors (Lipinski definition) is 2. The van der Waals surface area contributed by atoms with Crippen LogP contribution in [0.1, 0.15) is 22.3 Å². The van der Waals surface area contributed by atoms with Crippen molar-refractivity contribution in [2.45, 2.75) is 5.41 Å². The minimum absolute atomic E-state index is 0.559. The highest BCUT2D eigenvalue weighted by Gasteiger charge is 2.47. The molecule has 10 aromatic carbocycles. The molecule has 0 fully saturated rings. The third-order valence-corrected chi connectivity index (χ3v) is 12.7. The van der Waals surface area contributed by atoms with Crippen LogP contribution in [0.5, 0.6) is 0 Å². The molecule has 0 aliphatic heterocycles. The molecule has 0 saturated carbocycles. The quantitative estimate of drug-likeness (QED) is 0.160. The molecule has 12 rings (SSSR count). The average Bonchev–Trinajstić information content (AvgIpc) is 3.86. The first kappa shape index (κ1) is 35.0. The number of nitrogens with zero attached hydrogens (tertiary/aromatic N) is 1. The van der Waals surface area contributed by atoms with Crippen LogP contribution in [0, 0.1) is 0 Å². The molecule has 0 radical (unpaired) electrons. The van der Waals surface area contributed by atoms with Crippen molar-refractivity contribution >= 4 is 49.8 Å². The maximum absolute atomic E-state index is 6.22. The number of anilines is 3. The molecule has 61 heavy (non-hydrogen) atoms. The van der Waals surface area contributed by atoms with Gasteiger partial charge >= 0.3 is 0 Å². The summed E-state index contributed by atoms with van der Waals surface area (Å²) in [6.07, 6.45) is 0. The second kappa shape index (κ2) is 14.1. The van der Waals surface area contributed by atoms with Gasteiger partial charge in [-0.05, 0) is 127 Å². The Morgan fingerprint density at radius 3 is 1.56 bits per heavy atom. The number of hydrogen-bond donors (Lipinski definition) is 0. The predicted octanol–water partition coefficient (Wildman–Crippen LogP) is 15.9. The lowest BCUT2D eigenvalue weighted by atomic mass is 9.67. The standard InChI is InChI=1S/C59H39NO/c1-5-17-41(18-6-1)52-39-55-58(50-27-14-13-25-48(50)52)51-35-31-42(37-54(51)59(55,43-19-7-2-8-20-43)44-21-9-3-10-22-44)40-29-32-46(33-30-40)60(45-23-11-4-12-24-45)47-34-36-57-53(38-47)49-26-15-16-28-56(49)61-57/h1-39H. The summed E-state index contributed by atoms with van der Waals surface area (Å²) >= 11 is 0. The summed E-state index contributed by atoms with van der Waals surface area (Å²) in [6, 6.07) is 86.1. The Kier molecular flexibility index (Phi) is 8.11. The van der Waals surface area contributed by atoms with Crippen molar-refractivity contribution in [1.82, 2.24) is 0 Å². The van der Waals surface area contributed by atoms with Gasteiger partial charge in [0.15, 0.2) is 0 Å². The van der Waals surface area contributed by atoms with Crippen LogP contribution in [-0.4, -0.2) is 0 Å². The number of furan rings is 1. The first-order valence-electron chi connectivity index (χ1n) is 21.0. The van der Waals surface area contributed by atoms with Crippen molar-refractivity contribution in [2.75, 3.05) is 4.90 Å². The molecule has 0 spiro atoms. The average molecular weight is 778 g/mol. The molecule has 2 nitrogen and oxygen atoms in total. The Bertz CT molecular complexity index is 3350. The normalized spacial score (nSPS) is 12.7. The molecular formula is C59H39NO. The number of fused-ring (bicyclic) bond motifs is 8. The molecule has 11 aromatic rings. The number of rotatable bonds is 7. The van der Waals surface area contributed by atoms with Gasteiger partial charge in [0.25, 0.3) is 0 Å². The van der Waals surface area contributed by atoms with Crippen LogP contribution in [0.15, 0.2) is 241 Å².